The SMILES string of the molecule is Cc1cccc(C)c1CC1CCN([C@H]2CCc3ccccc32)C1=O. The summed E-state index contributed by atoms with van der Waals surface area (Å²) in [5.74, 6) is 0.511. The molecule has 1 fully saturated rings. The summed E-state index contributed by atoms with van der Waals surface area (Å²) in [7, 11) is 0. The molecule has 1 heterocycles. The number of rotatable bonds is 3. The zero-order valence-corrected chi connectivity index (χ0v) is 14.6. The zero-order chi connectivity index (χ0) is 16.7. The molecule has 0 aromatic heterocycles. The van der Waals surface area contributed by atoms with Crippen LogP contribution in [0.5, 0.6) is 0 Å². The minimum Gasteiger partial charge on any atom is -0.335 e. The molecule has 0 radical (unpaired) electrons. The average molecular weight is 319 g/mol. The van der Waals surface area contributed by atoms with Gasteiger partial charge in [0.15, 0.2) is 0 Å². The molecule has 0 N–H and O–H groups in total. The number of hydrogen-bond acceptors (Lipinski definition) is 1. The van der Waals surface area contributed by atoms with Gasteiger partial charge in [-0.15, -0.1) is 0 Å². The number of nitrogens with zero attached hydrogens (tertiary/aromatic N) is 1. The minimum absolute atomic E-state index is 0.151. The van der Waals surface area contributed by atoms with Gasteiger partial charge < -0.3 is 4.90 Å². The summed E-state index contributed by atoms with van der Waals surface area (Å²) in [5.41, 5.74) is 6.79. The quantitative estimate of drug-likeness (QED) is 0.822. The highest BCUT2D eigenvalue weighted by Gasteiger charge is 2.38. The van der Waals surface area contributed by atoms with Gasteiger partial charge in [-0.1, -0.05) is 42.5 Å². The smallest absolute Gasteiger partial charge is 0.226 e. The van der Waals surface area contributed by atoms with Crippen LogP contribution in [0, 0.1) is 19.8 Å². The first-order valence-electron chi connectivity index (χ1n) is 9.08. The van der Waals surface area contributed by atoms with Gasteiger partial charge in [-0.05, 0) is 67.3 Å². The van der Waals surface area contributed by atoms with Crippen molar-refractivity contribution in [3.8, 4) is 0 Å². The first-order chi connectivity index (χ1) is 11.6. The van der Waals surface area contributed by atoms with Crippen molar-refractivity contribution in [3.63, 3.8) is 0 Å². The highest BCUT2D eigenvalue weighted by atomic mass is 16.2. The van der Waals surface area contributed by atoms with E-state index in [-0.39, 0.29) is 5.92 Å². The summed E-state index contributed by atoms with van der Waals surface area (Å²) in [4.78, 5) is 15.2. The Balaban J connectivity index is 1.53. The molecule has 0 saturated carbocycles. The third kappa shape index (κ3) is 2.54. The largest absolute Gasteiger partial charge is 0.335 e. The van der Waals surface area contributed by atoms with E-state index in [2.05, 4.69) is 61.2 Å². The van der Waals surface area contributed by atoms with Gasteiger partial charge in [-0.2, -0.15) is 0 Å². The Labute approximate surface area is 144 Å². The number of fused-ring (bicyclic) bond motifs is 1. The van der Waals surface area contributed by atoms with Crippen LogP contribution in [0.4, 0.5) is 0 Å². The van der Waals surface area contributed by atoms with E-state index in [1.807, 2.05) is 0 Å². The molecule has 2 aliphatic rings. The lowest BCUT2D eigenvalue weighted by Crippen LogP contribution is -2.31. The summed E-state index contributed by atoms with van der Waals surface area (Å²) in [6.07, 6.45) is 4.07. The maximum atomic E-state index is 13.1. The van der Waals surface area contributed by atoms with Crippen LogP contribution in [0.25, 0.3) is 0 Å². The summed E-state index contributed by atoms with van der Waals surface area (Å²) >= 11 is 0. The van der Waals surface area contributed by atoms with Gasteiger partial charge in [0.05, 0.1) is 6.04 Å². The molecule has 1 aliphatic heterocycles. The Morgan fingerprint density at radius 2 is 1.75 bits per heavy atom. The summed E-state index contributed by atoms with van der Waals surface area (Å²) < 4.78 is 0. The molecule has 0 bridgehead atoms. The second kappa shape index (κ2) is 6.08. The molecule has 124 valence electrons. The first-order valence-corrected chi connectivity index (χ1v) is 9.08. The molecule has 2 aromatic rings. The van der Waals surface area contributed by atoms with Gasteiger partial charge in [0.25, 0.3) is 0 Å². The van der Waals surface area contributed by atoms with Crippen LogP contribution < -0.4 is 0 Å². The van der Waals surface area contributed by atoms with Crippen molar-refractivity contribution >= 4 is 5.91 Å². The van der Waals surface area contributed by atoms with E-state index in [4.69, 9.17) is 0 Å². The van der Waals surface area contributed by atoms with Crippen molar-refractivity contribution in [3.05, 3.63) is 70.3 Å². The molecule has 2 heteroatoms. The number of hydrogen-bond donors (Lipinski definition) is 0. The molecule has 24 heavy (non-hydrogen) atoms. The predicted octanol–water partition coefficient (Wildman–Crippen LogP) is 4.38. The van der Waals surface area contributed by atoms with Crippen molar-refractivity contribution in [1.29, 1.82) is 0 Å². The number of amides is 1. The molecule has 2 atom stereocenters. The second-order valence-corrected chi connectivity index (χ2v) is 7.35. The lowest BCUT2D eigenvalue weighted by atomic mass is 9.92. The van der Waals surface area contributed by atoms with Crippen LogP contribution in [0.3, 0.4) is 0 Å². The van der Waals surface area contributed by atoms with Crippen LogP contribution in [0.15, 0.2) is 42.5 Å². The monoisotopic (exact) mass is 319 g/mol. The van der Waals surface area contributed by atoms with Gasteiger partial charge in [0.2, 0.25) is 5.91 Å². The van der Waals surface area contributed by atoms with Gasteiger partial charge in [0, 0.05) is 12.5 Å². The number of carbonyl (C=O) groups excluding carboxylic acids is 1. The Morgan fingerprint density at radius 3 is 2.54 bits per heavy atom. The van der Waals surface area contributed by atoms with E-state index in [0.29, 0.717) is 11.9 Å². The van der Waals surface area contributed by atoms with Crippen LogP contribution in [-0.2, 0) is 17.6 Å². The van der Waals surface area contributed by atoms with E-state index < -0.39 is 0 Å². The van der Waals surface area contributed by atoms with Crippen molar-refractivity contribution in [2.24, 2.45) is 5.92 Å². The van der Waals surface area contributed by atoms with Gasteiger partial charge in [-0.3, -0.25) is 4.79 Å². The molecule has 1 saturated heterocycles. The third-order valence-corrected chi connectivity index (χ3v) is 5.92. The van der Waals surface area contributed by atoms with Gasteiger partial charge in [-0.25, -0.2) is 0 Å². The number of carbonyl (C=O) groups is 1. The van der Waals surface area contributed by atoms with Gasteiger partial charge in [0.1, 0.15) is 0 Å². The maximum Gasteiger partial charge on any atom is 0.226 e. The summed E-state index contributed by atoms with van der Waals surface area (Å²) in [5, 5.41) is 0. The molecular weight excluding hydrogens is 294 g/mol. The summed E-state index contributed by atoms with van der Waals surface area (Å²) in [6, 6.07) is 15.4. The van der Waals surface area contributed by atoms with Crippen LogP contribution in [0.1, 0.15) is 46.7 Å². The summed E-state index contributed by atoms with van der Waals surface area (Å²) in [6.45, 7) is 5.23. The van der Waals surface area contributed by atoms with E-state index >= 15 is 0 Å². The number of benzene rings is 2. The number of aryl methyl sites for hydroxylation is 3. The zero-order valence-electron chi connectivity index (χ0n) is 14.6. The third-order valence-electron chi connectivity index (χ3n) is 5.92. The second-order valence-electron chi connectivity index (χ2n) is 7.35. The van der Waals surface area contributed by atoms with Crippen LogP contribution >= 0.6 is 0 Å². The Morgan fingerprint density at radius 1 is 1.00 bits per heavy atom. The highest BCUT2D eigenvalue weighted by molar-refractivity contribution is 5.82. The molecule has 2 nitrogen and oxygen atoms in total. The lowest BCUT2D eigenvalue weighted by molar-refractivity contribution is -0.133. The van der Waals surface area contributed by atoms with Gasteiger partial charge >= 0.3 is 0 Å². The van der Waals surface area contributed by atoms with E-state index in [0.717, 1.165) is 32.2 Å². The standard InChI is InChI=1S/C22H25NO/c1-15-6-5-7-16(2)20(15)14-18-12-13-23(22(18)24)21-11-10-17-8-3-4-9-19(17)21/h3-9,18,21H,10-14H2,1-2H3/t18?,21-/m0/s1. The predicted molar refractivity (Wildman–Crippen MR) is 96.9 cm³/mol. The Bertz CT molecular complexity index is 759. The Hall–Kier alpha value is -2.09. The maximum absolute atomic E-state index is 13.1. The fraction of sp³-hybridized carbons (Fsp3) is 0.409. The minimum atomic E-state index is 0.151. The van der Waals surface area contributed by atoms with E-state index in [1.54, 1.807) is 0 Å². The van der Waals surface area contributed by atoms with E-state index in [1.165, 1.54) is 27.8 Å². The molecule has 1 aliphatic carbocycles. The van der Waals surface area contributed by atoms with Crippen LogP contribution in [-0.4, -0.2) is 17.4 Å². The molecule has 2 aromatic carbocycles. The van der Waals surface area contributed by atoms with Crippen LogP contribution in [0.2, 0.25) is 0 Å². The molecule has 1 unspecified atom stereocenters. The fourth-order valence-electron chi connectivity index (χ4n) is 4.54. The normalized spacial score (nSPS) is 22.9. The van der Waals surface area contributed by atoms with Crippen molar-refractivity contribution in [1.82, 2.24) is 4.90 Å². The molecular formula is C22H25NO. The number of likely N-dealkylation sites (tertiary alicyclic amines) is 1. The van der Waals surface area contributed by atoms with Crippen molar-refractivity contribution < 1.29 is 4.79 Å². The van der Waals surface area contributed by atoms with Crippen molar-refractivity contribution in [2.45, 2.75) is 45.6 Å². The van der Waals surface area contributed by atoms with E-state index in [9.17, 15) is 4.79 Å². The lowest BCUT2D eigenvalue weighted by Gasteiger charge is -2.25. The molecule has 0 spiro atoms. The molecule has 4 rings (SSSR count). The first kappa shape index (κ1) is 15.4. The highest BCUT2D eigenvalue weighted by Crippen LogP contribution is 2.39. The van der Waals surface area contributed by atoms with Crippen molar-refractivity contribution in [2.75, 3.05) is 6.54 Å². The molecule has 1 amide bonds. The topological polar surface area (TPSA) is 20.3 Å². The Kier molecular flexibility index (Phi) is 3.91. The fourth-order valence-corrected chi connectivity index (χ4v) is 4.54. The average Bonchev–Trinajstić information content (AvgIpc) is 3.15.